The first-order chi connectivity index (χ1) is 9.57. The first-order valence-corrected chi connectivity index (χ1v) is 5.70. The molecule has 0 aliphatic rings. The molecule has 1 aromatic rings. The summed E-state index contributed by atoms with van der Waals surface area (Å²) in [5, 5.41) is 4.40. The molecule has 2 amide bonds. The van der Waals surface area contributed by atoms with Gasteiger partial charge in [-0.05, 0) is 31.2 Å². The Bertz CT molecular complexity index is 527. The number of nitrogens with one attached hydrogen (secondary N) is 2. The second-order valence-electron chi connectivity index (χ2n) is 4.35. The minimum Gasteiger partial charge on any atom is -0.453 e. The maximum Gasteiger partial charge on any atom is 0.415 e. The molecule has 0 radical (unpaired) electrons. The number of methoxy groups -OCH3 is 1. The van der Waals surface area contributed by atoms with E-state index in [2.05, 4.69) is 15.4 Å². The van der Waals surface area contributed by atoms with Gasteiger partial charge in [0.1, 0.15) is 0 Å². The first kappa shape index (κ1) is 16.8. The molecule has 0 spiro atoms. The van der Waals surface area contributed by atoms with Crippen LogP contribution in [-0.4, -0.2) is 30.8 Å². The van der Waals surface area contributed by atoms with Gasteiger partial charge in [-0.3, -0.25) is 10.1 Å². The lowest BCUT2D eigenvalue weighted by molar-refractivity contribution is -0.184. The Kier molecular flexibility index (Phi) is 4.79. The highest BCUT2D eigenvalue weighted by Crippen LogP contribution is 2.29. The van der Waals surface area contributed by atoms with Gasteiger partial charge in [0, 0.05) is 11.4 Å². The van der Waals surface area contributed by atoms with Crippen LogP contribution in [0.2, 0.25) is 0 Å². The number of alkyl halides is 3. The van der Waals surface area contributed by atoms with E-state index in [0.717, 1.165) is 0 Å². The number of halogens is 3. The predicted molar refractivity (Wildman–Crippen MR) is 69.7 cm³/mol. The van der Waals surface area contributed by atoms with Crippen molar-refractivity contribution in [3.63, 3.8) is 0 Å². The fourth-order valence-corrected chi connectivity index (χ4v) is 1.20. The topological polar surface area (TPSA) is 93.5 Å². The Morgan fingerprint density at radius 2 is 1.52 bits per heavy atom. The van der Waals surface area contributed by atoms with Crippen molar-refractivity contribution in [1.82, 2.24) is 0 Å². The van der Waals surface area contributed by atoms with Crippen LogP contribution in [0.4, 0.5) is 29.3 Å². The summed E-state index contributed by atoms with van der Waals surface area (Å²) in [7, 11) is 1.18. The second kappa shape index (κ2) is 6.00. The van der Waals surface area contributed by atoms with Crippen molar-refractivity contribution in [3.05, 3.63) is 24.3 Å². The van der Waals surface area contributed by atoms with E-state index >= 15 is 0 Å². The van der Waals surface area contributed by atoms with Gasteiger partial charge < -0.3 is 15.8 Å². The van der Waals surface area contributed by atoms with Crippen molar-refractivity contribution in [2.45, 2.75) is 18.6 Å². The number of rotatable bonds is 3. The molecular formula is C12H14F3N3O3. The molecule has 1 aromatic carbocycles. The van der Waals surface area contributed by atoms with Crippen LogP contribution >= 0.6 is 0 Å². The van der Waals surface area contributed by atoms with Crippen molar-refractivity contribution in [1.29, 1.82) is 0 Å². The number of nitrogens with two attached hydrogens (primary N) is 1. The Balaban J connectivity index is 2.76. The highest BCUT2D eigenvalue weighted by atomic mass is 19.4. The molecule has 4 N–H and O–H groups in total. The molecule has 0 heterocycles. The van der Waals surface area contributed by atoms with Crippen molar-refractivity contribution in [2.75, 3.05) is 17.7 Å². The smallest absolute Gasteiger partial charge is 0.415 e. The predicted octanol–water partition coefficient (Wildman–Crippen LogP) is 2.08. The number of benzene rings is 1. The van der Waals surface area contributed by atoms with Crippen LogP contribution in [0.3, 0.4) is 0 Å². The van der Waals surface area contributed by atoms with Gasteiger partial charge in [0.25, 0.3) is 5.91 Å². The summed E-state index contributed by atoms with van der Waals surface area (Å²) in [6.07, 6.45) is -5.57. The molecule has 116 valence electrons. The van der Waals surface area contributed by atoms with Crippen LogP contribution in [-0.2, 0) is 9.53 Å². The summed E-state index contributed by atoms with van der Waals surface area (Å²) in [6.45, 7) is 0.579. The largest absolute Gasteiger partial charge is 0.453 e. The molecule has 9 heteroatoms. The van der Waals surface area contributed by atoms with Crippen LogP contribution in [0.25, 0.3) is 0 Å². The van der Waals surface area contributed by atoms with Gasteiger partial charge in [-0.15, -0.1) is 0 Å². The van der Waals surface area contributed by atoms with E-state index in [1.54, 1.807) is 0 Å². The average molecular weight is 305 g/mol. The van der Waals surface area contributed by atoms with Crippen molar-refractivity contribution in [3.8, 4) is 0 Å². The highest BCUT2D eigenvalue weighted by molar-refractivity contribution is 5.98. The Hall–Kier alpha value is -2.29. The summed E-state index contributed by atoms with van der Waals surface area (Å²) < 4.78 is 42.1. The Morgan fingerprint density at radius 1 is 1.10 bits per heavy atom. The van der Waals surface area contributed by atoms with Gasteiger partial charge in [-0.25, -0.2) is 4.79 Å². The van der Waals surface area contributed by atoms with Gasteiger partial charge in [0.2, 0.25) is 0 Å². The van der Waals surface area contributed by atoms with E-state index in [1.807, 2.05) is 0 Å². The fraction of sp³-hybridized carbons (Fsp3) is 0.333. The zero-order valence-electron chi connectivity index (χ0n) is 11.2. The van der Waals surface area contributed by atoms with E-state index in [9.17, 15) is 22.8 Å². The van der Waals surface area contributed by atoms with Crippen LogP contribution in [0.1, 0.15) is 6.92 Å². The van der Waals surface area contributed by atoms with Crippen molar-refractivity contribution < 1.29 is 27.5 Å². The maximum atomic E-state index is 12.6. The molecule has 0 aliphatic heterocycles. The third kappa shape index (κ3) is 4.09. The normalized spacial score (nSPS) is 14.0. The molecule has 0 saturated carbocycles. The minimum atomic E-state index is -4.87. The Morgan fingerprint density at radius 3 is 1.90 bits per heavy atom. The van der Waals surface area contributed by atoms with E-state index in [4.69, 9.17) is 5.73 Å². The van der Waals surface area contributed by atoms with E-state index < -0.39 is 23.7 Å². The summed E-state index contributed by atoms with van der Waals surface area (Å²) in [6, 6.07) is 5.40. The van der Waals surface area contributed by atoms with Gasteiger partial charge in [-0.1, -0.05) is 0 Å². The van der Waals surface area contributed by atoms with Crippen LogP contribution in [0, 0.1) is 0 Å². The highest BCUT2D eigenvalue weighted by Gasteiger charge is 2.53. The molecule has 1 rings (SSSR count). The summed E-state index contributed by atoms with van der Waals surface area (Å²) in [4.78, 5) is 22.5. The molecule has 0 aromatic heterocycles. The fourth-order valence-electron chi connectivity index (χ4n) is 1.20. The number of amides is 2. The maximum absolute atomic E-state index is 12.6. The van der Waals surface area contributed by atoms with Crippen molar-refractivity contribution >= 4 is 23.4 Å². The summed E-state index contributed by atoms with van der Waals surface area (Å²) >= 11 is 0. The van der Waals surface area contributed by atoms with E-state index in [1.165, 1.54) is 31.4 Å². The zero-order chi connectivity index (χ0) is 16.3. The SMILES string of the molecule is COC(=O)Nc1ccc(NC(=O)C(C)(N)C(F)(F)F)cc1. The number of anilines is 2. The standard InChI is InChI=1S/C12H14F3N3O3/c1-11(16,12(13,14)15)9(19)17-7-3-5-8(6-4-7)18-10(20)21-2/h3-6H,16H2,1-2H3,(H,17,19)(H,18,20). The number of hydrogen-bond donors (Lipinski definition) is 3. The molecule has 0 bridgehead atoms. The van der Waals surface area contributed by atoms with Gasteiger partial charge >= 0.3 is 12.3 Å². The summed E-state index contributed by atoms with van der Waals surface area (Å²) in [5.74, 6) is -1.39. The number of hydrogen-bond acceptors (Lipinski definition) is 4. The van der Waals surface area contributed by atoms with Crippen LogP contribution in [0.15, 0.2) is 24.3 Å². The van der Waals surface area contributed by atoms with Crippen molar-refractivity contribution in [2.24, 2.45) is 5.73 Å². The Labute approximate surface area is 118 Å². The lowest BCUT2D eigenvalue weighted by Crippen LogP contribution is -2.59. The number of carbonyl (C=O) groups excluding carboxylic acids is 2. The van der Waals surface area contributed by atoms with E-state index in [0.29, 0.717) is 12.6 Å². The molecular weight excluding hydrogens is 291 g/mol. The third-order valence-corrected chi connectivity index (χ3v) is 2.64. The quantitative estimate of drug-likeness (QED) is 0.797. The molecule has 6 nitrogen and oxygen atoms in total. The van der Waals surface area contributed by atoms with Gasteiger partial charge in [0.15, 0.2) is 5.54 Å². The van der Waals surface area contributed by atoms with Crippen LogP contribution < -0.4 is 16.4 Å². The zero-order valence-corrected chi connectivity index (χ0v) is 11.2. The first-order valence-electron chi connectivity index (χ1n) is 5.70. The molecule has 0 saturated heterocycles. The minimum absolute atomic E-state index is 0.108. The van der Waals surface area contributed by atoms with Gasteiger partial charge in [-0.2, -0.15) is 13.2 Å². The average Bonchev–Trinajstić information content (AvgIpc) is 2.39. The monoisotopic (exact) mass is 305 g/mol. The summed E-state index contributed by atoms with van der Waals surface area (Å²) in [5.41, 5.74) is 2.45. The lowest BCUT2D eigenvalue weighted by atomic mass is 10.0. The molecule has 1 atom stereocenters. The number of carbonyl (C=O) groups is 2. The van der Waals surface area contributed by atoms with Crippen LogP contribution in [0.5, 0.6) is 0 Å². The molecule has 0 fully saturated rings. The third-order valence-electron chi connectivity index (χ3n) is 2.64. The molecule has 21 heavy (non-hydrogen) atoms. The van der Waals surface area contributed by atoms with Gasteiger partial charge in [0.05, 0.1) is 7.11 Å². The second-order valence-corrected chi connectivity index (χ2v) is 4.35. The number of ether oxygens (including phenoxy) is 1. The van der Waals surface area contributed by atoms with E-state index in [-0.39, 0.29) is 5.69 Å². The molecule has 0 aliphatic carbocycles. The molecule has 1 unspecified atom stereocenters. The lowest BCUT2D eigenvalue weighted by Gasteiger charge is -2.26.